The lowest BCUT2D eigenvalue weighted by molar-refractivity contribution is -0.126. The molecule has 1 atom stereocenters. The molecule has 0 aliphatic heterocycles. The summed E-state index contributed by atoms with van der Waals surface area (Å²) in [5, 5.41) is 5.55. The fourth-order valence-corrected chi connectivity index (χ4v) is 2.41. The number of nitrogens with one attached hydrogen (secondary N) is 2. The Morgan fingerprint density at radius 1 is 1.23 bits per heavy atom. The number of hydrogen-bond acceptors (Lipinski definition) is 5. The Bertz CT molecular complexity index is 563. The smallest absolute Gasteiger partial charge is 0.407 e. The monoisotopic (exact) mass is 366 g/mol. The molecule has 0 saturated carbocycles. The van der Waals surface area contributed by atoms with Gasteiger partial charge in [0.1, 0.15) is 12.4 Å². The van der Waals surface area contributed by atoms with Crippen molar-refractivity contribution in [3.63, 3.8) is 0 Å². The van der Waals surface area contributed by atoms with Crippen molar-refractivity contribution in [2.24, 2.45) is 5.92 Å². The molecule has 0 bridgehead atoms. The van der Waals surface area contributed by atoms with E-state index in [4.69, 9.17) is 14.2 Å². The average Bonchev–Trinajstić information content (AvgIpc) is 2.59. The quantitative estimate of drug-likeness (QED) is 0.628. The first kappa shape index (κ1) is 21.8. The van der Waals surface area contributed by atoms with Crippen LogP contribution in [0.25, 0.3) is 0 Å². The average molecular weight is 366 g/mol. The van der Waals surface area contributed by atoms with Crippen molar-refractivity contribution in [2.45, 2.75) is 39.8 Å². The van der Waals surface area contributed by atoms with Gasteiger partial charge < -0.3 is 24.8 Å². The number of ether oxygens (including phenoxy) is 3. The molecule has 0 radical (unpaired) electrons. The van der Waals surface area contributed by atoms with Crippen molar-refractivity contribution in [2.75, 3.05) is 26.9 Å². The minimum Gasteiger partial charge on any atom is -0.497 e. The fraction of sp³-hybridized carbons (Fsp3) is 0.579. The molecule has 0 saturated heterocycles. The van der Waals surface area contributed by atoms with Crippen LogP contribution in [0, 0.1) is 5.92 Å². The summed E-state index contributed by atoms with van der Waals surface area (Å²) in [6.07, 6.45) is 0.269. The first-order valence-corrected chi connectivity index (χ1v) is 8.85. The van der Waals surface area contributed by atoms with Crippen LogP contribution in [0.4, 0.5) is 4.79 Å². The molecule has 0 aromatic heterocycles. The third-order valence-corrected chi connectivity index (χ3v) is 3.53. The molecular weight excluding hydrogens is 336 g/mol. The van der Waals surface area contributed by atoms with Gasteiger partial charge in [-0.1, -0.05) is 26.0 Å². The molecule has 7 nitrogen and oxygen atoms in total. The van der Waals surface area contributed by atoms with Crippen LogP contribution >= 0.6 is 0 Å². The van der Waals surface area contributed by atoms with Crippen LogP contribution < -0.4 is 15.4 Å². The maximum atomic E-state index is 12.0. The summed E-state index contributed by atoms with van der Waals surface area (Å²) >= 11 is 0. The molecule has 7 heteroatoms. The molecule has 0 aliphatic carbocycles. The van der Waals surface area contributed by atoms with Crippen molar-refractivity contribution in [3.05, 3.63) is 29.8 Å². The molecule has 0 fully saturated rings. The van der Waals surface area contributed by atoms with Gasteiger partial charge in [-0.15, -0.1) is 0 Å². The van der Waals surface area contributed by atoms with Gasteiger partial charge in [0.15, 0.2) is 0 Å². The van der Waals surface area contributed by atoms with Gasteiger partial charge in [0.25, 0.3) is 0 Å². The maximum absolute atomic E-state index is 12.0. The van der Waals surface area contributed by atoms with Gasteiger partial charge in [0, 0.05) is 12.6 Å². The minimum atomic E-state index is -0.471. The molecule has 26 heavy (non-hydrogen) atoms. The van der Waals surface area contributed by atoms with Crippen LogP contribution in [0.3, 0.4) is 0 Å². The molecule has 0 spiro atoms. The van der Waals surface area contributed by atoms with Crippen LogP contribution in [-0.2, 0) is 20.9 Å². The maximum Gasteiger partial charge on any atom is 0.407 e. The first-order chi connectivity index (χ1) is 12.4. The Morgan fingerprint density at radius 3 is 2.65 bits per heavy atom. The van der Waals surface area contributed by atoms with E-state index in [-0.39, 0.29) is 18.6 Å². The predicted octanol–water partition coefficient (Wildman–Crippen LogP) is 2.49. The van der Waals surface area contributed by atoms with Gasteiger partial charge in [-0.2, -0.15) is 0 Å². The van der Waals surface area contributed by atoms with Gasteiger partial charge in [0.2, 0.25) is 5.91 Å². The van der Waals surface area contributed by atoms with E-state index in [1.165, 1.54) is 0 Å². The molecule has 1 rings (SSSR count). The molecule has 0 heterocycles. The predicted molar refractivity (Wildman–Crippen MR) is 99.1 cm³/mol. The van der Waals surface area contributed by atoms with E-state index in [9.17, 15) is 9.59 Å². The third-order valence-electron chi connectivity index (χ3n) is 3.53. The van der Waals surface area contributed by atoms with E-state index in [0.717, 1.165) is 17.7 Å². The second-order valence-electron chi connectivity index (χ2n) is 6.34. The van der Waals surface area contributed by atoms with E-state index < -0.39 is 6.09 Å². The lowest BCUT2D eigenvalue weighted by Gasteiger charge is -2.20. The number of alkyl carbamates (subject to hydrolysis) is 1. The van der Waals surface area contributed by atoms with E-state index >= 15 is 0 Å². The highest BCUT2D eigenvalue weighted by Crippen LogP contribution is 2.13. The normalized spacial score (nSPS) is 11.7. The molecule has 2 N–H and O–H groups in total. The number of methoxy groups -OCH3 is 1. The molecule has 1 aromatic rings. The zero-order chi connectivity index (χ0) is 19.4. The molecule has 0 unspecified atom stereocenters. The van der Waals surface area contributed by atoms with Crippen molar-refractivity contribution in [1.29, 1.82) is 0 Å². The fourth-order valence-electron chi connectivity index (χ4n) is 2.41. The van der Waals surface area contributed by atoms with Crippen LogP contribution in [0.2, 0.25) is 0 Å². The highest BCUT2D eigenvalue weighted by atomic mass is 16.5. The van der Waals surface area contributed by atoms with Gasteiger partial charge >= 0.3 is 6.09 Å². The largest absolute Gasteiger partial charge is 0.497 e. The van der Waals surface area contributed by atoms with Crippen molar-refractivity contribution in [1.82, 2.24) is 10.6 Å². The molecule has 2 amide bonds. The number of amides is 2. The number of hydrogen-bond donors (Lipinski definition) is 2. The van der Waals surface area contributed by atoms with Crippen molar-refractivity contribution >= 4 is 12.0 Å². The summed E-state index contributed by atoms with van der Waals surface area (Å²) in [5.74, 6) is 0.896. The second-order valence-corrected chi connectivity index (χ2v) is 6.34. The van der Waals surface area contributed by atoms with Gasteiger partial charge in [-0.3, -0.25) is 4.79 Å². The SMILES string of the molecule is CCOC(=O)N[C@@H](CNC(=O)COCc1cccc(OC)c1)CC(C)C. The number of rotatable bonds is 11. The second kappa shape index (κ2) is 12.1. The van der Waals surface area contributed by atoms with Crippen LogP contribution in [0.15, 0.2) is 24.3 Å². The Labute approximate surface area is 155 Å². The molecule has 0 aliphatic rings. The van der Waals surface area contributed by atoms with Crippen molar-refractivity contribution in [3.8, 4) is 5.75 Å². The summed E-state index contributed by atoms with van der Waals surface area (Å²) in [4.78, 5) is 23.5. The highest BCUT2D eigenvalue weighted by molar-refractivity contribution is 5.77. The van der Waals surface area contributed by atoms with Crippen LogP contribution in [0.5, 0.6) is 5.75 Å². The lowest BCUT2D eigenvalue weighted by atomic mass is 10.0. The summed E-state index contributed by atoms with van der Waals surface area (Å²) in [6.45, 7) is 6.77. The topological polar surface area (TPSA) is 85.9 Å². The Morgan fingerprint density at radius 2 is 2.00 bits per heavy atom. The summed E-state index contributed by atoms with van der Waals surface area (Å²) < 4.78 is 15.5. The van der Waals surface area contributed by atoms with E-state index in [0.29, 0.717) is 25.7 Å². The van der Waals surface area contributed by atoms with E-state index in [2.05, 4.69) is 24.5 Å². The third kappa shape index (κ3) is 9.27. The number of carbonyl (C=O) groups is 2. The minimum absolute atomic E-state index is 0.0506. The van der Waals surface area contributed by atoms with E-state index in [1.54, 1.807) is 14.0 Å². The Hall–Kier alpha value is -2.28. The van der Waals surface area contributed by atoms with Gasteiger partial charge in [-0.25, -0.2) is 4.79 Å². The lowest BCUT2D eigenvalue weighted by Crippen LogP contribution is -2.45. The Kier molecular flexibility index (Phi) is 10.2. The van der Waals surface area contributed by atoms with E-state index in [1.807, 2.05) is 24.3 Å². The zero-order valence-electron chi connectivity index (χ0n) is 16.0. The standard InChI is InChI=1S/C19H30N2O5/c1-5-26-19(23)21-16(9-14(2)3)11-20-18(22)13-25-12-15-7-6-8-17(10-15)24-4/h6-8,10,14,16H,5,9,11-13H2,1-4H3,(H,20,22)(H,21,23)/t16-/m1/s1. The molecule has 146 valence electrons. The summed E-state index contributed by atoms with van der Waals surface area (Å²) in [7, 11) is 1.60. The zero-order valence-corrected chi connectivity index (χ0v) is 16.0. The molecular formula is C19H30N2O5. The van der Waals surface area contributed by atoms with Crippen LogP contribution in [0.1, 0.15) is 32.8 Å². The Balaban J connectivity index is 2.35. The summed E-state index contributed by atoms with van der Waals surface area (Å²) in [6, 6.07) is 7.30. The van der Waals surface area contributed by atoms with Gasteiger partial charge in [0.05, 0.1) is 20.3 Å². The first-order valence-electron chi connectivity index (χ1n) is 8.85. The summed E-state index contributed by atoms with van der Waals surface area (Å²) in [5.41, 5.74) is 0.929. The number of benzene rings is 1. The van der Waals surface area contributed by atoms with Crippen molar-refractivity contribution < 1.29 is 23.8 Å². The van der Waals surface area contributed by atoms with Crippen LogP contribution in [-0.4, -0.2) is 44.9 Å². The number of carbonyl (C=O) groups excluding carboxylic acids is 2. The highest BCUT2D eigenvalue weighted by Gasteiger charge is 2.15. The molecule has 1 aromatic carbocycles. The van der Waals surface area contributed by atoms with Gasteiger partial charge in [-0.05, 0) is 37.0 Å².